The zero-order valence-electron chi connectivity index (χ0n) is 14.4. The van der Waals surface area contributed by atoms with Gasteiger partial charge in [0.05, 0.1) is 0 Å². The summed E-state index contributed by atoms with van der Waals surface area (Å²) in [6.45, 7) is 14.4. The second-order valence-corrected chi connectivity index (χ2v) is 6.18. The summed E-state index contributed by atoms with van der Waals surface area (Å²) in [5.41, 5.74) is 12.6. The van der Waals surface area contributed by atoms with E-state index in [-0.39, 0.29) is 0 Å². The van der Waals surface area contributed by atoms with Crippen molar-refractivity contribution >= 4 is 0 Å². The maximum absolute atomic E-state index is 3.22. The Bertz CT molecular complexity index is 652. The number of hydrogen-bond donors (Lipinski definition) is 1. The van der Waals surface area contributed by atoms with Gasteiger partial charge in [-0.3, -0.25) is 0 Å². The number of rotatable bonds is 3. The van der Waals surface area contributed by atoms with E-state index in [1.807, 2.05) is 7.05 Å². The van der Waals surface area contributed by atoms with Crippen molar-refractivity contribution in [2.75, 3.05) is 7.05 Å². The number of hydrogen-bond acceptors (Lipinski definition) is 1. The largest absolute Gasteiger partial charge is 0.316 e. The van der Waals surface area contributed by atoms with Crippen molar-refractivity contribution in [1.29, 1.82) is 0 Å². The van der Waals surface area contributed by atoms with Crippen LogP contribution in [0.15, 0.2) is 18.2 Å². The summed E-state index contributed by atoms with van der Waals surface area (Å²) < 4.78 is 0. The van der Waals surface area contributed by atoms with Crippen LogP contribution < -0.4 is 5.32 Å². The van der Waals surface area contributed by atoms with Crippen molar-refractivity contribution in [2.24, 2.45) is 0 Å². The molecule has 0 aliphatic heterocycles. The molecule has 0 bridgehead atoms. The highest BCUT2D eigenvalue weighted by Crippen LogP contribution is 2.35. The van der Waals surface area contributed by atoms with E-state index in [9.17, 15) is 0 Å². The van der Waals surface area contributed by atoms with Gasteiger partial charge in [0.25, 0.3) is 0 Å². The molecule has 1 nitrogen and oxygen atoms in total. The highest BCUT2D eigenvalue weighted by molar-refractivity contribution is 5.77. The lowest BCUT2D eigenvalue weighted by molar-refractivity contribution is 0.817. The molecule has 2 aromatic rings. The molecular formula is C20H27N. The lowest BCUT2D eigenvalue weighted by Gasteiger charge is -2.20. The van der Waals surface area contributed by atoms with Crippen molar-refractivity contribution in [1.82, 2.24) is 5.32 Å². The summed E-state index contributed by atoms with van der Waals surface area (Å²) in [6, 6.07) is 6.82. The van der Waals surface area contributed by atoms with Gasteiger partial charge in [-0.15, -0.1) is 0 Å². The smallest absolute Gasteiger partial charge is 0.0202 e. The van der Waals surface area contributed by atoms with E-state index in [0.717, 1.165) is 6.54 Å². The van der Waals surface area contributed by atoms with Gasteiger partial charge in [-0.2, -0.15) is 0 Å². The summed E-state index contributed by atoms with van der Waals surface area (Å²) in [4.78, 5) is 0. The number of aryl methyl sites for hydroxylation is 1. The maximum atomic E-state index is 3.22. The highest BCUT2D eigenvalue weighted by atomic mass is 14.8. The molecule has 112 valence electrons. The van der Waals surface area contributed by atoms with Gasteiger partial charge in [-0.25, -0.2) is 0 Å². The van der Waals surface area contributed by atoms with E-state index in [1.54, 1.807) is 0 Å². The topological polar surface area (TPSA) is 12.0 Å². The fraction of sp³-hybridized carbons (Fsp3) is 0.400. The Kier molecular flexibility index (Phi) is 4.53. The van der Waals surface area contributed by atoms with Crippen LogP contribution in [0.25, 0.3) is 11.1 Å². The molecule has 21 heavy (non-hydrogen) atoms. The third-order valence-corrected chi connectivity index (χ3v) is 4.94. The molecule has 1 heteroatoms. The molecule has 0 fully saturated rings. The van der Waals surface area contributed by atoms with Gasteiger partial charge in [0.1, 0.15) is 0 Å². The van der Waals surface area contributed by atoms with Crippen molar-refractivity contribution < 1.29 is 0 Å². The summed E-state index contributed by atoms with van der Waals surface area (Å²) in [5, 5.41) is 3.22. The fourth-order valence-corrected chi connectivity index (χ4v) is 3.22. The van der Waals surface area contributed by atoms with Crippen molar-refractivity contribution in [3.63, 3.8) is 0 Å². The van der Waals surface area contributed by atoms with Crippen LogP contribution in [0, 0.1) is 41.5 Å². The quantitative estimate of drug-likeness (QED) is 0.841. The zero-order valence-corrected chi connectivity index (χ0v) is 14.4. The average Bonchev–Trinajstić information content (AvgIpc) is 2.46. The van der Waals surface area contributed by atoms with Gasteiger partial charge in [0, 0.05) is 6.54 Å². The summed E-state index contributed by atoms with van der Waals surface area (Å²) in [7, 11) is 1.99. The second kappa shape index (κ2) is 6.03. The van der Waals surface area contributed by atoms with Crippen LogP contribution in [0.4, 0.5) is 0 Å². The van der Waals surface area contributed by atoms with Gasteiger partial charge in [0.15, 0.2) is 0 Å². The average molecular weight is 281 g/mol. The number of benzene rings is 2. The van der Waals surface area contributed by atoms with Gasteiger partial charge in [0.2, 0.25) is 0 Å². The SMILES string of the molecule is CNCc1ccc(-c2c(C)c(C)c(C)c(C)c2C)c(C)c1. The van der Waals surface area contributed by atoms with Crippen LogP contribution in [-0.2, 0) is 6.54 Å². The molecule has 0 heterocycles. The van der Waals surface area contributed by atoms with Gasteiger partial charge < -0.3 is 5.32 Å². The predicted molar refractivity (Wildman–Crippen MR) is 93.1 cm³/mol. The first kappa shape index (κ1) is 15.8. The molecule has 1 N–H and O–H groups in total. The number of nitrogens with one attached hydrogen (secondary N) is 1. The van der Waals surface area contributed by atoms with Crippen molar-refractivity contribution in [3.8, 4) is 11.1 Å². The Hall–Kier alpha value is -1.60. The molecule has 0 spiro atoms. The summed E-state index contributed by atoms with van der Waals surface area (Å²) in [6.07, 6.45) is 0. The molecule has 0 aromatic heterocycles. The Labute approximate surface area is 129 Å². The minimum absolute atomic E-state index is 0.922. The standard InChI is InChI=1S/C20H27N/c1-12-10-18(11-21-7)8-9-19(12)20-16(5)14(3)13(2)15(4)17(20)6/h8-10,21H,11H2,1-7H3. The molecular weight excluding hydrogens is 254 g/mol. The van der Waals surface area contributed by atoms with Crippen molar-refractivity contribution in [3.05, 3.63) is 57.1 Å². The van der Waals surface area contributed by atoms with E-state index < -0.39 is 0 Å². The lowest BCUT2D eigenvalue weighted by atomic mass is 9.84. The fourth-order valence-electron chi connectivity index (χ4n) is 3.22. The van der Waals surface area contributed by atoms with Crippen LogP contribution in [0.2, 0.25) is 0 Å². The Morgan fingerprint density at radius 3 is 1.76 bits per heavy atom. The third kappa shape index (κ3) is 2.75. The van der Waals surface area contributed by atoms with E-state index in [0.29, 0.717) is 0 Å². The summed E-state index contributed by atoms with van der Waals surface area (Å²) in [5.74, 6) is 0. The molecule has 0 amide bonds. The monoisotopic (exact) mass is 281 g/mol. The Morgan fingerprint density at radius 2 is 1.29 bits per heavy atom. The highest BCUT2D eigenvalue weighted by Gasteiger charge is 2.15. The molecule has 0 saturated carbocycles. The zero-order chi connectivity index (χ0) is 15.7. The Morgan fingerprint density at radius 1 is 0.762 bits per heavy atom. The molecule has 0 atom stereocenters. The van der Waals surface area contributed by atoms with Crippen LogP contribution in [0.1, 0.15) is 38.9 Å². The predicted octanol–water partition coefficient (Wildman–Crippen LogP) is 4.92. The third-order valence-electron chi connectivity index (χ3n) is 4.94. The minimum Gasteiger partial charge on any atom is -0.316 e. The minimum atomic E-state index is 0.922. The van der Waals surface area contributed by atoms with Gasteiger partial charge >= 0.3 is 0 Å². The van der Waals surface area contributed by atoms with Gasteiger partial charge in [-0.1, -0.05) is 18.2 Å². The first-order valence-electron chi connectivity index (χ1n) is 7.70. The molecule has 0 radical (unpaired) electrons. The first-order valence-corrected chi connectivity index (χ1v) is 7.70. The van der Waals surface area contributed by atoms with Crippen LogP contribution in [0.3, 0.4) is 0 Å². The van der Waals surface area contributed by atoms with Gasteiger partial charge in [-0.05, 0) is 98.7 Å². The lowest BCUT2D eigenvalue weighted by Crippen LogP contribution is -2.05. The molecule has 0 aliphatic carbocycles. The van der Waals surface area contributed by atoms with E-state index in [2.05, 4.69) is 65.1 Å². The molecule has 0 unspecified atom stereocenters. The van der Waals surface area contributed by atoms with Crippen LogP contribution in [0.5, 0.6) is 0 Å². The van der Waals surface area contributed by atoms with E-state index in [1.165, 1.54) is 50.1 Å². The second-order valence-electron chi connectivity index (χ2n) is 6.18. The first-order chi connectivity index (χ1) is 9.88. The van der Waals surface area contributed by atoms with Crippen LogP contribution >= 0.6 is 0 Å². The summed E-state index contributed by atoms with van der Waals surface area (Å²) >= 11 is 0. The van der Waals surface area contributed by atoms with E-state index in [4.69, 9.17) is 0 Å². The molecule has 0 saturated heterocycles. The van der Waals surface area contributed by atoms with Crippen LogP contribution in [-0.4, -0.2) is 7.05 Å². The molecule has 2 rings (SSSR count). The molecule has 0 aliphatic rings. The van der Waals surface area contributed by atoms with Crippen molar-refractivity contribution in [2.45, 2.75) is 48.1 Å². The molecule has 2 aromatic carbocycles. The van der Waals surface area contributed by atoms with E-state index >= 15 is 0 Å². The normalized spacial score (nSPS) is 11.0. The Balaban J connectivity index is 2.68. The maximum Gasteiger partial charge on any atom is 0.0202 e.